The van der Waals surface area contributed by atoms with Crippen LogP contribution in [0.25, 0.3) is 10.9 Å². The van der Waals surface area contributed by atoms with E-state index in [2.05, 4.69) is 12.0 Å². The summed E-state index contributed by atoms with van der Waals surface area (Å²) in [5.41, 5.74) is 0.888. The maximum atomic E-state index is 11.7. The SMILES string of the molecule is CC(CCCl)CCn1ncc(=O)c2ccccc21. The smallest absolute Gasteiger partial charge is 0.207 e. The number of para-hydroxylation sites is 1. The molecule has 1 aromatic heterocycles. The zero-order chi connectivity index (χ0) is 13.0. The number of halogens is 1. The van der Waals surface area contributed by atoms with Gasteiger partial charge in [0.25, 0.3) is 0 Å². The Hall–Kier alpha value is -1.35. The van der Waals surface area contributed by atoms with Gasteiger partial charge in [0.05, 0.1) is 11.7 Å². The molecule has 1 atom stereocenters. The summed E-state index contributed by atoms with van der Waals surface area (Å²) >= 11 is 5.73. The van der Waals surface area contributed by atoms with E-state index in [9.17, 15) is 4.79 Å². The topological polar surface area (TPSA) is 34.9 Å². The zero-order valence-electron chi connectivity index (χ0n) is 10.5. The third kappa shape index (κ3) is 2.91. The molecule has 0 aliphatic heterocycles. The molecule has 3 nitrogen and oxygen atoms in total. The Labute approximate surface area is 111 Å². The van der Waals surface area contributed by atoms with Crippen molar-refractivity contribution >= 4 is 22.5 Å². The van der Waals surface area contributed by atoms with Crippen molar-refractivity contribution in [1.82, 2.24) is 9.78 Å². The minimum absolute atomic E-state index is 0.0179. The number of nitrogens with zero attached hydrogens (tertiary/aromatic N) is 2. The first-order chi connectivity index (χ1) is 8.72. The fraction of sp³-hybridized carbons (Fsp3) is 0.429. The Morgan fingerprint density at radius 1 is 1.33 bits per heavy atom. The van der Waals surface area contributed by atoms with Gasteiger partial charge in [0.2, 0.25) is 5.43 Å². The van der Waals surface area contributed by atoms with Gasteiger partial charge in [-0.3, -0.25) is 9.48 Å². The van der Waals surface area contributed by atoms with E-state index in [1.54, 1.807) is 0 Å². The third-order valence-electron chi connectivity index (χ3n) is 3.20. The van der Waals surface area contributed by atoms with Crippen molar-refractivity contribution < 1.29 is 0 Å². The van der Waals surface area contributed by atoms with E-state index in [0.717, 1.165) is 30.3 Å². The first kappa shape index (κ1) is 13.1. The third-order valence-corrected chi connectivity index (χ3v) is 3.42. The van der Waals surface area contributed by atoms with Crippen LogP contribution in [0.2, 0.25) is 0 Å². The van der Waals surface area contributed by atoms with Gasteiger partial charge in [-0.2, -0.15) is 5.10 Å². The molecule has 0 radical (unpaired) electrons. The fourth-order valence-corrected chi connectivity index (χ4v) is 2.38. The molecule has 0 N–H and O–H groups in total. The number of benzene rings is 1. The van der Waals surface area contributed by atoms with Crippen molar-refractivity contribution in [3.8, 4) is 0 Å². The highest BCUT2D eigenvalue weighted by Gasteiger charge is 2.05. The predicted octanol–water partition coefficient (Wildman–Crippen LogP) is 3.05. The average Bonchev–Trinajstić information content (AvgIpc) is 2.39. The summed E-state index contributed by atoms with van der Waals surface area (Å²) in [5.74, 6) is 1.27. The first-order valence-electron chi connectivity index (χ1n) is 6.23. The lowest BCUT2D eigenvalue weighted by atomic mass is 10.1. The Balaban J connectivity index is 2.24. The van der Waals surface area contributed by atoms with Crippen LogP contribution >= 0.6 is 11.6 Å². The summed E-state index contributed by atoms with van der Waals surface area (Å²) in [6.07, 6.45) is 3.43. The lowest BCUT2D eigenvalue weighted by Gasteiger charge is -2.12. The van der Waals surface area contributed by atoms with Gasteiger partial charge in [-0.1, -0.05) is 19.1 Å². The molecule has 0 saturated heterocycles. The number of rotatable bonds is 5. The number of hydrogen-bond acceptors (Lipinski definition) is 2. The predicted molar refractivity (Wildman–Crippen MR) is 75.1 cm³/mol. The Morgan fingerprint density at radius 3 is 2.89 bits per heavy atom. The quantitative estimate of drug-likeness (QED) is 0.778. The summed E-state index contributed by atoms with van der Waals surface area (Å²) in [5, 5.41) is 4.94. The van der Waals surface area contributed by atoms with Crippen molar-refractivity contribution in [3.05, 3.63) is 40.7 Å². The second kappa shape index (κ2) is 6.01. The number of alkyl halides is 1. The molecule has 1 aromatic carbocycles. The highest BCUT2D eigenvalue weighted by atomic mass is 35.5. The summed E-state index contributed by atoms with van der Waals surface area (Å²) < 4.78 is 1.90. The molecule has 4 heteroatoms. The lowest BCUT2D eigenvalue weighted by Crippen LogP contribution is -2.13. The van der Waals surface area contributed by atoms with Gasteiger partial charge in [0.15, 0.2) is 0 Å². The van der Waals surface area contributed by atoms with E-state index in [1.807, 2.05) is 28.9 Å². The number of fused-ring (bicyclic) bond motifs is 1. The zero-order valence-corrected chi connectivity index (χ0v) is 11.2. The van der Waals surface area contributed by atoms with Crippen molar-refractivity contribution in [2.75, 3.05) is 5.88 Å². The Morgan fingerprint density at radius 2 is 2.11 bits per heavy atom. The van der Waals surface area contributed by atoms with Gasteiger partial charge >= 0.3 is 0 Å². The molecule has 0 bridgehead atoms. The van der Waals surface area contributed by atoms with Crippen LogP contribution in [0.1, 0.15) is 19.8 Å². The normalized spacial score (nSPS) is 12.8. The molecule has 18 heavy (non-hydrogen) atoms. The lowest BCUT2D eigenvalue weighted by molar-refractivity contribution is 0.454. The molecule has 1 heterocycles. The second-order valence-corrected chi connectivity index (χ2v) is 5.00. The van der Waals surface area contributed by atoms with E-state index in [0.29, 0.717) is 11.8 Å². The van der Waals surface area contributed by atoms with Gasteiger partial charge in [-0.25, -0.2) is 0 Å². The number of aryl methyl sites for hydroxylation is 1. The summed E-state index contributed by atoms with van der Waals surface area (Å²) in [6, 6.07) is 7.60. The summed E-state index contributed by atoms with van der Waals surface area (Å²) in [6.45, 7) is 3.01. The largest absolute Gasteiger partial charge is 0.287 e. The minimum atomic E-state index is -0.0179. The molecule has 0 saturated carbocycles. The number of hydrogen-bond donors (Lipinski definition) is 0. The maximum Gasteiger partial charge on any atom is 0.207 e. The Kier molecular flexibility index (Phi) is 4.37. The van der Waals surface area contributed by atoms with Crippen LogP contribution in [-0.2, 0) is 6.54 Å². The van der Waals surface area contributed by atoms with E-state index >= 15 is 0 Å². The van der Waals surface area contributed by atoms with Gasteiger partial charge in [0, 0.05) is 17.8 Å². The van der Waals surface area contributed by atoms with E-state index in [-0.39, 0.29) is 5.43 Å². The van der Waals surface area contributed by atoms with Crippen LogP contribution in [0.4, 0.5) is 0 Å². The van der Waals surface area contributed by atoms with Crippen LogP contribution in [0.3, 0.4) is 0 Å². The van der Waals surface area contributed by atoms with Gasteiger partial charge in [-0.15, -0.1) is 11.6 Å². The van der Waals surface area contributed by atoms with Crippen molar-refractivity contribution in [3.63, 3.8) is 0 Å². The Bertz CT molecular complexity index is 579. The van der Waals surface area contributed by atoms with Gasteiger partial charge in [-0.05, 0) is 30.9 Å². The molecule has 0 amide bonds. The van der Waals surface area contributed by atoms with Gasteiger partial charge < -0.3 is 0 Å². The van der Waals surface area contributed by atoms with Crippen molar-refractivity contribution in [2.45, 2.75) is 26.3 Å². The van der Waals surface area contributed by atoms with Crippen LogP contribution in [0.5, 0.6) is 0 Å². The van der Waals surface area contributed by atoms with Crippen LogP contribution in [-0.4, -0.2) is 15.7 Å². The monoisotopic (exact) mass is 264 g/mol. The standard InChI is InChI=1S/C14H17ClN2O/c1-11(6-8-15)7-9-17-13-5-3-2-4-12(13)14(18)10-16-17/h2-5,10-11H,6-9H2,1H3. The average molecular weight is 265 g/mol. The highest BCUT2D eigenvalue weighted by molar-refractivity contribution is 6.17. The molecule has 0 aliphatic rings. The molecule has 2 rings (SSSR count). The molecular formula is C14H17ClN2O. The highest BCUT2D eigenvalue weighted by Crippen LogP contribution is 2.13. The molecule has 96 valence electrons. The molecule has 2 aromatic rings. The van der Waals surface area contributed by atoms with E-state index < -0.39 is 0 Å². The van der Waals surface area contributed by atoms with Crippen molar-refractivity contribution in [1.29, 1.82) is 0 Å². The number of aromatic nitrogens is 2. The minimum Gasteiger partial charge on any atom is -0.287 e. The molecular weight excluding hydrogens is 248 g/mol. The van der Waals surface area contributed by atoms with Crippen LogP contribution in [0.15, 0.2) is 35.3 Å². The molecule has 0 fully saturated rings. The van der Waals surface area contributed by atoms with E-state index in [1.165, 1.54) is 6.20 Å². The summed E-state index contributed by atoms with van der Waals surface area (Å²) in [4.78, 5) is 11.7. The maximum absolute atomic E-state index is 11.7. The fourth-order valence-electron chi connectivity index (χ4n) is 2.01. The molecule has 0 spiro atoms. The van der Waals surface area contributed by atoms with Crippen LogP contribution < -0.4 is 5.43 Å². The molecule has 0 aliphatic carbocycles. The van der Waals surface area contributed by atoms with Gasteiger partial charge in [0.1, 0.15) is 0 Å². The molecule has 1 unspecified atom stereocenters. The van der Waals surface area contributed by atoms with Crippen molar-refractivity contribution in [2.24, 2.45) is 5.92 Å². The first-order valence-corrected chi connectivity index (χ1v) is 6.76. The summed E-state index contributed by atoms with van der Waals surface area (Å²) in [7, 11) is 0. The van der Waals surface area contributed by atoms with E-state index in [4.69, 9.17) is 11.6 Å². The second-order valence-electron chi connectivity index (χ2n) is 4.62. The van der Waals surface area contributed by atoms with Crippen LogP contribution in [0, 0.1) is 5.92 Å².